The molecule has 1 aromatic rings. The van der Waals surface area contributed by atoms with Gasteiger partial charge in [-0.1, -0.05) is 5.16 Å². The molecule has 12 heavy (non-hydrogen) atoms. The summed E-state index contributed by atoms with van der Waals surface area (Å²) in [6.45, 7) is 2.86. The van der Waals surface area contributed by atoms with Crippen LogP contribution in [0.15, 0.2) is 9.42 Å². The Kier molecular flexibility index (Phi) is 3.25. The smallest absolute Gasteiger partial charge is 0.299 e. The summed E-state index contributed by atoms with van der Waals surface area (Å²) < 4.78 is 34.3. The van der Waals surface area contributed by atoms with E-state index in [1.165, 1.54) is 13.8 Å². The van der Waals surface area contributed by atoms with Gasteiger partial charge >= 0.3 is 0 Å². The zero-order valence-corrected chi connectivity index (χ0v) is 8.07. The fourth-order valence-corrected chi connectivity index (χ4v) is 1.65. The second-order valence-corrected chi connectivity index (χ2v) is 3.49. The molecule has 0 aliphatic rings. The van der Waals surface area contributed by atoms with Gasteiger partial charge < -0.3 is 4.52 Å². The summed E-state index contributed by atoms with van der Waals surface area (Å²) >= 11 is 0. The minimum atomic E-state index is -4.18. The van der Waals surface area contributed by atoms with Gasteiger partial charge in [0.15, 0.2) is 10.7 Å². The standard InChI is InChI=1S/C5H7NO4S.ClH/c1-3-5(11(7,8)9)4(2)10-6-3;/h1-2H3,(H,7,8,9);1H. The summed E-state index contributed by atoms with van der Waals surface area (Å²) in [5.74, 6) is 0.102. The molecule has 1 rings (SSSR count). The van der Waals surface area contributed by atoms with Crippen molar-refractivity contribution < 1.29 is 17.5 Å². The molecule has 1 heterocycles. The highest BCUT2D eigenvalue weighted by molar-refractivity contribution is 7.86. The van der Waals surface area contributed by atoms with Crippen molar-refractivity contribution in [1.82, 2.24) is 5.16 Å². The highest BCUT2D eigenvalue weighted by Crippen LogP contribution is 2.17. The largest absolute Gasteiger partial charge is 0.360 e. The van der Waals surface area contributed by atoms with Crippen LogP contribution in [0, 0.1) is 13.8 Å². The molecule has 0 bridgehead atoms. The van der Waals surface area contributed by atoms with Crippen LogP contribution in [0.4, 0.5) is 0 Å². The highest BCUT2D eigenvalue weighted by atomic mass is 35.5. The third-order valence-corrected chi connectivity index (χ3v) is 2.32. The predicted octanol–water partition coefficient (Wildman–Crippen LogP) is 0.960. The van der Waals surface area contributed by atoms with Crippen molar-refractivity contribution in [2.45, 2.75) is 18.7 Å². The molecule has 0 spiro atoms. The molecule has 0 aliphatic heterocycles. The fourth-order valence-electron chi connectivity index (χ4n) is 0.843. The van der Waals surface area contributed by atoms with Crippen LogP contribution in [-0.2, 0) is 10.1 Å². The van der Waals surface area contributed by atoms with E-state index in [2.05, 4.69) is 9.68 Å². The van der Waals surface area contributed by atoms with E-state index in [0.29, 0.717) is 0 Å². The third kappa shape index (κ3) is 1.96. The van der Waals surface area contributed by atoms with Gasteiger partial charge in [-0.15, -0.1) is 12.4 Å². The lowest BCUT2D eigenvalue weighted by Crippen LogP contribution is -2.00. The zero-order chi connectivity index (χ0) is 8.65. The van der Waals surface area contributed by atoms with Gasteiger partial charge in [0, 0.05) is 0 Å². The molecule has 0 unspecified atom stereocenters. The Morgan fingerprint density at radius 1 is 1.42 bits per heavy atom. The lowest BCUT2D eigenvalue weighted by Gasteiger charge is -1.91. The zero-order valence-electron chi connectivity index (χ0n) is 6.44. The summed E-state index contributed by atoms with van der Waals surface area (Å²) in [5.41, 5.74) is 0.171. The second-order valence-electron chi connectivity index (χ2n) is 2.13. The van der Waals surface area contributed by atoms with Gasteiger partial charge in [0.25, 0.3) is 10.1 Å². The average molecular weight is 214 g/mol. The van der Waals surface area contributed by atoms with Crippen LogP contribution >= 0.6 is 12.4 Å². The first kappa shape index (κ1) is 11.4. The van der Waals surface area contributed by atoms with E-state index in [9.17, 15) is 8.42 Å². The summed E-state index contributed by atoms with van der Waals surface area (Å²) in [6, 6.07) is 0. The van der Waals surface area contributed by atoms with Crippen molar-refractivity contribution in [1.29, 1.82) is 0 Å². The number of hydrogen-bond donors (Lipinski definition) is 1. The Hall–Kier alpha value is -0.590. The van der Waals surface area contributed by atoms with Gasteiger partial charge in [-0.25, -0.2) is 0 Å². The van der Waals surface area contributed by atoms with Crippen LogP contribution in [0.5, 0.6) is 0 Å². The maximum absolute atomic E-state index is 10.6. The number of halogens is 1. The molecule has 0 amide bonds. The van der Waals surface area contributed by atoms with E-state index in [-0.39, 0.29) is 28.8 Å². The Bertz CT molecular complexity index is 349. The van der Waals surface area contributed by atoms with Crippen molar-refractivity contribution in [3.8, 4) is 0 Å². The summed E-state index contributed by atoms with van der Waals surface area (Å²) in [4.78, 5) is -0.238. The molecular formula is C5H8ClNO4S. The van der Waals surface area contributed by atoms with Crippen LogP contribution in [-0.4, -0.2) is 18.1 Å². The van der Waals surface area contributed by atoms with Crippen molar-refractivity contribution >= 4 is 22.5 Å². The van der Waals surface area contributed by atoms with Gasteiger partial charge in [-0.05, 0) is 13.8 Å². The summed E-state index contributed by atoms with van der Waals surface area (Å²) in [7, 11) is -4.18. The molecular weight excluding hydrogens is 206 g/mol. The van der Waals surface area contributed by atoms with Crippen LogP contribution in [0.2, 0.25) is 0 Å². The molecule has 0 fully saturated rings. The molecule has 7 heteroatoms. The van der Waals surface area contributed by atoms with Crippen molar-refractivity contribution in [2.24, 2.45) is 0 Å². The third-order valence-electron chi connectivity index (χ3n) is 1.23. The van der Waals surface area contributed by atoms with E-state index < -0.39 is 10.1 Å². The second kappa shape index (κ2) is 3.42. The molecule has 0 aromatic carbocycles. The van der Waals surface area contributed by atoms with E-state index in [1.807, 2.05) is 0 Å². The summed E-state index contributed by atoms with van der Waals surface area (Å²) in [6.07, 6.45) is 0. The Morgan fingerprint density at radius 2 is 1.92 bits per heavy atom. The van der Waals surface area contributed by atoms with Gasteiger partial charge in [-0.3, -0.25) is 4.55 Å². The quantitative estimate of drug-likeness (QED) is 0.703. The molecule has 5 nitrogen and oxygen atoms in total. The maximum Gasteiger partial charge on any atom is 0.299 e. The SMILES string of the molecule is Cc1noc(C)c1S(=O)(=O)O.Cl. The van der Waals surface area contributed by atoms with Crippen LogP contribution in [0.25, 0.3) is 0 Å². The van der Waals surface area contributed by atoms with Crippen LogP contribution in [0.1, 0.15) is 11.5 Å². The van der Waals surface area contributed by atoms with Crippen molar-refractivity contribution in [3.05, 3.63) is 11.5 Å². The molecule has 70 valence electrons. The number of rotatable bonds is 1. The first-order valence-corrected chi connectivity index (χ1v) is 4.27. The van der Waals surface area contributed by atoms with Crippen molar-refractivity contribution in [3.63, 3.8) is 0 Å². The lowest BCUT2D eigenvalue weighted by molar-refractivity contribution is 0.389. The Balaban J connectivity index is 0.00000121. The molecule has 0 aliphatic carbocycles. The minimum Gasteiger partial charge on any atom is -0.360 e. The van der Waals surface area contributed by atoms with E-state index >= 15 is 0 Å². The average Bonchev–Trinajstić information content (AvgIpc) is 2.08. The number of nitrogens with zero attached hydrogens (tertiary/aromatic N) is 1. The predicted molar refractivity (Wildman–Crippen MR) is 43.0 cm³/mol. The monoisotopic (exact) mass is 213 g/mol. The Labute approximate surface area is 75.9 Å². The van der Waals surface area contributed by atoms with Crippen molar-refractivity contribution in [2.75, 3.05) is 0 Å². The first-order chi connectivity index (χ1) is 4.93. The first-order valence-electron chi connectivity index (χ1n) is 2.83. The molecule has 0 radical (unpaired) electrons. The number of hydrogen-bond acceptors (Lipinski definition) is 4. The topological polar surface area (TPSA) is 80.4 Å². The number of aromatic nitrogens is 1. The highest BCUT2D eigenvalue weighted by Gasteiger charge is 2.20. The van der Waals surface area contributed by atoms with Gasteiger partial charge in [0.1, 0.15) is 5.69 Å². The van der Waals surface area contributed by atoms with Gasteiger partial charge in [-0.2, -0.15) is 8.42 Å². The van der Waals surface area contributed by atoms with Gasteiger partial charge in [0.05, 0.1) is 0 Å². The molecule has 0 atom stereocenters. The normalized spacial score (nSPS) is 10.9. The molecule has 1 aromatic heterocycles. The molecule has 0 saturated heterocycles. The Morgan fingerprint density at radius 3 is 2.08 bits per heavy atom. The number of aryl methyl sites for hydroxylation is 2. The van der Waals surface area contributed by atoms with E-state index in [0.717, 1.165) is 0 Å². The molecule has 0 saturated carbocycles. The van der Waals surface area contributed by atoms with Gasteiger partial charge in [0.2, 0.25) is 0 Å². The van der Waals surface area contributed by atoms with E-state index in [1.54, 1.807) is 0 Å². The van der Waals surface area contributed by atoms with Crippen LogP contribution < -0.4 is 0 Å². The van der Waals surface area contributed by atoms with Crippen LogP contribution in [0.3, 0.4) is 0 Å². The minimum absolute atomic E-state index is 0. The maximum atomic E-state index is 10.6. The lowest BCUT2D eigenvalue weighted by atomic mass is 10.4. The van der Waals surface area contributed by atoms with E-state index in [4.69, 9.17) is 4.55 Å². The fraction of sp³-hybridized carbons (Fsp3) is 0.400. The molecule has 1 N–H and O–H groups in total. The summed E-state index contributed by atoms with van der Waals surface area (Å²) in [5, 5.41) is 3.37.